The smallest absolute Gasteiger partial charge is 0.318 e. The van der Waals surface area contributed by atoms with Crippen molar-refractivity contribution >= 4 is 17.8 Å². The van der Waals surface area contributed by atoms with E-state index in [0.717, 1.165) is 43.5 Å². The topological polar surface area (TPSA) is 101 Å². The Morgan fingerprint density at radius 2 is 2.03 bits per heavy atom. The van der Waals surface area contributed by atoms with Crippen LogP contribution in [0.25, 0.3) is 0 Å². The Balaban J connectivity index is 1.67. The molecule has 162 valence electrons. The second-order valence-electron chi connectivity index (χ2n) is 8.54. The van der Waals surface area contributed by atoms with Crippen molar-refractivity contribution in [1.29, 1.82) is 5.26 Å². The van der Waals surface area contributed by atoms with Crippen LogP contribution >= 0.6 is 0 Å². The molecule has 2 aliphatic rings. The number of rotatable bonds is 5. The number of aromatic nitrogens is 1. The number of carbonyl (C=O) groups excluding carboxylic acids is 2. The molecular formula is C22H32N6O2. The molecule has 0 radical (unpaired) electrons. The summed E-state index contributed by atoms with van der Waals surface area (Å²) in [5.41, 5.74) is 0.228. The van der Waals surface area contributed by atoms with E-state index in [1.165, 1.54) is 0 Å². The maximum absolute atomic E-state index is 13.1. The molecule has 3 amide bonds. The Morgan fingerprint density at radius 1 is 1.27 bits per heavy atom. The molecule has 1 atom stereocenters. The molecule has 0 spiro atoms. The van der Waals surface area contributed by atoms with Gasteiger partial charge in [0.05, 0.1) is 6.07 Å². The van der Waals surface area contributed by atoms with Gasteiger partial charge in [0.25, 0.3) is 0 Å². The Kier molecular flexibility index (Phi) is 7.14. The third kappa shape index (κ3) is 5.02. The Morgan fingerprint density at radius 3 is 2.67 bits per heavy atom. The van der Waals surface area contributed by atoms with Crippen molar-refractivity contribution in [3.8, 4) is 6.07 Å². The molecule has 2 fully saturated rings. The molecule has 1 aromatic heterocycles. The summed E-state index contributed by atoms with van der Waals surface area (Å²) in [7, 11) is 3.92. The van der Waals surface area contributed by atoms with Crippen molar-refractivity contribution in [1.82, 2.24) is 20.5 Å². The highest BCUT2D eigenvalue weighted by atomic mass is 16.2. The molecule has 1 saturated heterocycles. The van der Waals surface area contributed by atoms with Gasteiger partial charge in [-0.3, -0.25) is 4.79 Å². The van der Waals surface area contributed by atoms with Gasteiger partial charge >= 0.3 is 6.03 Å². The zero-order valence-corrected chi connectivity index (χ0v) is 18.0. The van der Waals surface area contributed by atoms with Crippen LogP contribution in [0.1, 0.15) is 56.4 Å². The molecular weight excluding hydrogens is 380 g/mol. The highest BCUT2D eigenvalue weighted by Gasteiger charge is 2.42. The summed E-state index contributed by atoms with van der Waals surface area (Å²) in [6.07, 6.45) is 7.91. The minimum absolute atomic E-state index is 0.0435. The van der Waals surface area contributed by atoms with Crippen LogP contribution in [-0.2, 0) is 4.79 Å². The number of carbonyl (C=O) groups is 2. The number of urea groups is 1. The fourth-order valence-corrected chi connectivity index (χ4v) is 4.47. The Bertz CT molecular complexity index is 780. The quantitative estimate of drug-likeness (QED) is 0.723. The number of hydrogen-bond acceptors (Lipinski definition) is 5. The van der Waals surface area contributed by atoms with Crippen LogP contribution in [0.2, 0.25) is 0 Å². The highest BCUT2D eigenvalue weighted by molar-refractivity contribution is 5.91. The standard InChI is InChI=1S/C22H32N6O2/c1-27(2)19-9-8-17(15-25-19)18-7-6-14-28(16-18)21(30)26-22(10-4-3-5-11-22)20(29)24-13-12-23/h8-9,15,18H,3-7,10-11,13-14,16H2,1-2H3,(H,24,29)(H,26,30). The van der Waals surface area contributed by atoms with E-state index >= 15 is 0 Å². The molecule has 1 aromatic rings. The SMILES string of the molecule is CN(C)c1ccc(C2CCCN(C(=O)NC3(C(=O)NCC#N)CCCCC3)C2)cn1. The van der Waals surface area contributed by atoms with Gasteiger partial charge in [0, 0.05) is 39.3 Å². The maximum atomic E-state index is 13.1. The summed E-state index contributed by atoms with van der Waals surface area (Å²) in [4.78, 5) is 34.2. The normalized spacial score (nSPS) is 20.7. The van der Waals surface area contributed by atoms with Gasteiger partial charge in [-0.25, -0.2) is 9.78 Å². The average Bonchev–Trinajstić information content (AvgIpc) is 2.78. The molecule has 1 aliphatic carbocycles. The number of piperidine rings is 1. The minimum Gasteiger partial charge on any atom is -0.363 e. The van der Waals surface area contributed by atoms with Crippen LogP contribution in [0.5, 0.6) is 0 Å². The first kappa shape index (κ1) is 21.9. The van der Waals surface area contributed by atoms with Crippen LogP contribution in [-0.4, -0.2) is 61.1 Å². The molecule has 3 rings (SSSR count). The fraction of sp³-hybridized carbons (Fsp3) is 0.636. The number of likely N-dealkylation sites (tertiary alicyclic amines) is 1. The predicted octanol–water partition coefficient (Wildman–Crippen LogP) is 2.38. The summed E-state index contributed by atoms with van der Waals surface area (Å²) < 4.78 is 0. The number of pyridine rings is 1. The lowest BCUT2D eigenvalue weighted by atomic mass is 9.81. The van der Waals surface area contributed by atoms with Crippen molar-refractivity contribution in [3.63, 3.8) is 0 Å². The van der Waals surface area contributed by atoms with E-state index in [1.54, 1.807) is 0 Å². The fourth-order valence-electron chi connectivity index (χ4n) is 4.47. The average molecular weight is 413 g/mol. The molecule has 1 unspecified atom stereocenters. The number of amides is 3. The van der Waals surface area contributed by atoms with E-state index in [2.05, 4.69) is 21.7 Å². The minimum atomic E-state index is -0.909. The van der Waals surface area contributed by atoms with Gasteiger partial charge in [-0.15, -0.1) is 0 Å². The van der Waals surface area contributed by atoms with Gasteiger partial charge in [-0.2, -0.15) is 5.26 Å². The molecule has 2 N–H and O–H groups in total. The molecule has 8 nitrogen and oxygen atoms in total. The van der Waals surface area contributed by atoms with Crippen LogP contribution in [0, 0.1) is 11.3 Å². The van der Waals surface area contributed by atoms with Crippen molar-refractivity contribution < 1.29 is 9.59 Å². The molecule has 0 aromatic carbocycles. The zero-order valence-electron chi connectivity index (χ0n) is 18.0. The molecule has 30 heavy (non-hydrogen) atoms. The van der Waals surface area contributed by atoms with Crippen molar-refractivity contribution in [2.75, 3.05) is 38.6 Å². The summed E-state index contributed by atoms with van der Waals surface area (Å²) in [5, 5.41) is 14.5. The Hall–Kier alpha value is -2.82. The van der Waals surface area contributed by atoms with E-state index in [4.69, 9.17) is 5.26 Å². The molecule has 8 heteroatoms. The molecule has 0 bridgehead atoms. The second-order valence-corrected chi connectivity index (χ2v) is 8.54. The monoisotopic (exact) mass is 412 g/mol. The van der Waals surface area contributed by atoms with E-state index in [-0.39, 0.29) is 24.4 Å². The number of nitrogens with one attached hydrogen (secondary N) is 2. The number of anilines is 1. The largest absolute Gasteiger partial charge is 0.363 e. The number of hydrogen-bond donors (Lipinski definition) is 2. The van der Waals surface area contributed by atoms with Crippen LogP contribution in [0.4, 0.5) is 10.6 Å². The molecule has 1 saturated carbocycles. The van der Waals surface area contributed by atoms with E-state index < -0.39 is 5.54 Å². The number of nitriles is 1. The van der Waals surface area contributed by atoms with Crippen molar-refractivity contribution in [2.45, 2.75) is 56.4 Å². The predicted molar refractivity (Wildman–Crippen MR) is 115 cm³/mol. The first-order chi connectivity index (χ1) is 14.4. The zero-order chi connectivity index (χ0) is 21.6. The first-order valence-electron chi connectivity index (χ1n) is 10.8. The highest BCUT2D eigenvalue weighted by Crippen LogP contribution is 2.31. The van der Waals surface area contributed by atoms with E-state index in [9.17, 15) is 9.59 Å². The van der Waals surface area contributed by atoms with Gasteiger partial charge in [-0.05, 0) is 37.3 Å². The summed E-state index contributed by atoms with van der Waals surface area (Å²) >= 11 is 0. The lowest BCUT2D eigenvalue weighted by Crippen LogP contribution is -2.62. The van der Waals surface area contributed by atoms with Gasteiger partial charge in [0.1, 0.15) is 17.9 Å². The lowest BCUT2D eigenvalue weighted by molar-refractivity contribution is -0.128. The Labute approximate surface area is 178 Å². The van der Waals surface area contributed by atoms with Crippen molar-refractivity contribution in [2.24, 2.45) is 0 Å². The van der Waals surface area contributed by atoms with Crippen LogP contribution < -0.4 is 15.5 Å². The summed E-state index contributed by atoms with van der Waals surface area (Å²) in [5.74, 6) is 0.906. The first-order valence-corrected chi connectivity index (χ1v) is 10.8. The summed E-state index contributed by atoms with van der Waals surface area (Å²) in [6.45, 7) is 1.25. The lowest BCUT2D eigenvalue weighted by Gasteiger charge is -2.40. The summed E-state index contributed by atoms with van der Waals surface area (Å²) in [6, 6.07) is 5.85. The third-order valence-corrected chi connectivity index (χ3v) is 6.22. The third-order valence-electron chi connectivity index (χ3n) is 6.22. The molecule has 1 aliphatic heterocycles. The van der Waals surface area contributed by atoms with Gasteiger partial charge < -0.3 is 20.4 Å². The maximum Gasteiger partial charge on any atom is 0.318 e. The number of nitrogens with zero attached hydrogens (tertiary/aromatic N) is 4. The van der Waals surface area contributed by atoms with Gasteiger partial charge in [-0.1, -0.05) is 25.3 Å². The second kappa shape index (κ2) is 9.79. The van der Waals surface area contributed by atoms with Crippen LogP contribution in [0.3, 0.4) is 0 Å². The van der Waals surface area contributed by atoms with Gasteiger partial charge in [0.15, 0.2) is 0 Å². The van der Waals surface area contributed by atoms with E-state index in [0.29, 0.717) is 25.9 Å². The van der Waals surface area contributed by atoms with Gasteiger partial charge in [0.2, 0.25) is 5.91 Å². The molecule has 2 heterocycles. The van der Waals surface area contributed by atoms with E-state index in [1.807, 2.05) is 42.2 Å². The van der Waals surface area contributed by atoms with Crippen molar-refractivity contribution in [3.05, 3.63) is 23.9 Å². The van der Waals surface area contributed by atoms with Crippen LogP contribution in [0.15, 0.2) is 18.3 Å².